The van der Waals surface area contributed by atoms with E-state index in [1.165, 1.54) is 6.20 Å². The number of rotatable bonds is 4. The number of aromatic nitrogens is 2. The second-order valence-corrected chi connectivity index (χ2v) is 2.45. The summed E-state index contributed by atoms with van der Waals surface area (Å²) in [5.74, 6) is 3.01. The van der Waals surface area contributed by atoms with Crippen LogP contribution in [0.2, 0.25) is 0 Å². The van der Waals surface area contributed by atoms with Crippen LogP contribution in [0.25, 0.3) is 0 Å². The molecule has 0 aliphatic heterocycles. The molecule has 0 aliphatic carbocycles. The number of hydrogen-bond acceptors (Lipinski definition) is 3. The molecule has 0 radical (unpaired) electrons. The van der Waals surface area contributed by atoms with Crippen LogP contribution in [0.1, 0.15) is 12.8 Å². The van der Waals surface area contributed by atoms with Crippen LogP contribution in [0, 0.1) is 18.4 Å². The van der Waals surface area contributed by atoms with Crippen molar-refractivity contribution in [3.8, 4) is 12.3 Å². The smallest absolute Gasteiger partial charge is 0.310 e. The minimum atomic E-state index is -0.720. The van der Waals surface area contributed by atoms with Gasteiger partial charge in [0.15, 0.2) is 0 Å². The number of anilines is 1. The van der Waals surface area contributed by atoms with Gasteiger partial charge in [-0.15, -0.1) is 12.3 Å². The van der Waals surface area contributed by atoms with Crippen molar-refractivity contribution in [2.45, 2.75) is 12.8 Å². The lowest BCUT2D eigenvalue weighted by atomic mass is 10.3. The van der Waals surface area contributed by atoms with Gasteiger partial charge in [-0.05, 0) is 12.5 Å². The fourth-order valence-corrected chi connectivity index (χ4v) is 0.840. The largest absolute Gasteiger partial charge is 0.370 e. The zero-order valence-electron chi connectivity index (χ0n) is 7.13. The number of hydrogen-bond donors (Lipinski definition) is 1. The summed E-state index contributed by atoms with van der Waals surface area (Å²) in [6.45, 7) is 0.695. The topological polar surface area (TPSA) is 37.8 Å². The van der Waals surface area contributed by atoms with E-state index < -0.39 is 6.08 Å². The van der Waals surface area contributed by atoms with Gasteiger partial charge in [0.05, 0.1) is 0 Å². The van der Waals surface area contributed by atoms with E-state index in [1.54, 1.807) is 6.07 Å². The van der Waals surface area contributed by atoms with Crippen LogP contribution in [0.4, 0.5) is 10.2 Å². The molecule has 0 aliphatic rings. The van der Waals surface area contributed by atoms with Crippen molar-refractivity contribution >= 4 is 5.82 Å². The first kappa shape index (κ1) is 9.46. The van der Waals surface area contributed by atoms with Gasteiger partial charge in [0, 0.05) is 19.2 Å². The Morgan fingerprint density at radius 3 is 3.15 bits per heavy atom. The highest BCUT2D eigenvalue weighted by Gasteiger charge is 1.95. The quantitative estimate of drug-likeness (QED) is 0.431. The summed E-state index contributed by atoms with van der Waals surface area (Å²) < 4.78 is 12.4. The third-order valence-electron chi connectivity index (χ3n) is 1.43. The summed E-state index contributed by atoms with van der Waals surface area (Å²) in [4.78, 5) is 6.86. The molecule has 0 amide bonds. The summed E-state index contributed by atoms with van der Waals surface area (Å²) >= 11 is 0. The maximum atomic E-state index is 12.4. The van der Waals surface area contributed by atoms with Gasteiger partial charge in [0.25, 0.3) is 0 Å². The predicted molar refractivity (Wildman–Crippen MR) is 48.5 cm³/mol. The molecule has 0 saturated heterocycles. The average Bonchev–Trinajstić information content (AvgIpc) is 2.13. The first-order chi connectivity index (χ1) is 6.33. The number of halogens is 1. The molecule has 13 heavy (non-hydrogen) atoms. The lowest BCUT2D eigenvalue weighted by Gasteiger charge is -2.02. The summed E-state index contributed by atoms with van der Waals surface area (Å²) in [5.41, 5.74) is 0. The molecule has 4 heteroatoms. The third-order valence-corrected chi connectivity index (χ3v) is 1.43. The fourth-order valence-electron chi connectivity index (χ4n) is 0.840. The molecule has 68 valence electrons. The van der Waals surface area contributed by atoms with Crippen LogP contribution in [0.5, 0.6) is 0 Å². The summed E-state index contributed by atoms with van der Waals surface area (Å²) in [5, 5.41) is 2.93. The monoisotopic (exact) mass is 179 g/mol. The van der Waals surface area contributed by atoms with Crippen molar-refractivity contribution in [1.82, 2.24) is 9.97 Å². The maximum absolute atomic E-state index is 12.4. The zero-order valence-corrected chi connectivity index (χ0v) is 7.13. The molecule has 0 atom stereocenters. The Balaban J connectivity index is 2.33. The standard InChI is InChI=1S/C9H10FN3/c1-2-3-4-6-11-8-5-7-12-9(10)13-8/h1,5,7H,3-4,6H2,(H,11,12,13). The second-order valence-electron chi connectivity index (χ2n) is 2.45. The molecule has 1 heterocycles. The first-order valence-electron chi connectivity index (χ1n) is 3.99. The fraction of sp³-hybridized carbons (Fsp3) is 0.333. The minimum absolute atomic E-state index is 0.490. The molecule has 0 saturated carbocycles. The minimum Gasteiger partial charge on any atom is -0.370 e. The van der Waals surface area contributed by atoms with Crippen molar-refractivity contribution in [2.24, 2.45) is 0 Å². The molecule has 3 nitrogen and oxygen atoms in total. The van der Waals surface area contributed by atoms with Crippen LogP contribution in [-0.2, 0) is 0 Å². The zero-order chi connectivity index (χ0) is 9.52. The first-order valence-corrected chi connectivity index (χ1v) is 3.99. The van der Waals surface area contributed by atoms with Gasteiger partial charge in [-0.1, -0.05) is 0 Å². The molecule has 1 rings (SSSR count). The van der Waals surface area contributed by atoms with Crippen LogP contribution < -0.4 is 5.32 Å². The molecule has 1 aromatic heterocycles. The molecule has 0 aromatic carbocycles. The Bertz CT molecular complexity index is 306. The molecule has 0 fully saturated rings. The van der Waals surface area contributed by atoms with Gasteiger partial charge in [0.1, 0.15) is 5.82 Å². The molecular weight excluding hydrogens is 169 g/mol. The molecule has 0 spiro atoms. The number of terminal acetylenes is 1. The lowest BCUT2D eigenvalue weighted by Crippen LogP contribution is -2.04. The van der Waals surface area contributed by atoms with Gasteiger partial charge < -0.3 is 5.32 Å². The highest BCUT2D eigenvalue weighted by Crippen LogP contribution is 2.00. The van der Waals surface area contributed by atoms with Gasteiger partial charge in [-0.3, -0.25) is 0 Å². The van der Waals surface area contributed by atoms with Crippen LogP contribution in [0.3, 0.4) is 0 Å². The Morgan fingerprint density at radius 1 is 1.62 bits per heavy atom. The van der Waals surface area contributed by atoms with Gasteiger partial charge in [-0.2, -0.15) is 9.37 Å². The van der Waals surface area contributed by atoms with E-state index in [1.807, 2.05) is 0 Å². The highest BCUT2D eigenvalue weighted by atomic mass is 19.1. The summed E-state index contributed by atoms with van der Waals surface area (Å²) in [6, 6.07) is 1.61. The van der Waals surface area contributed by atoms with E-state index in [-0.39, 0.29) is 0 Å². The average molecular weight is 179 g/mol. The van der Waals surface area contributed by atoms with Gasteiger partial charge in [-0.25, -0.2) is 4.98 Å². The molecule has 1 N–H and O–H groups in total. The molecular formula is C9H10FN3. The van der Waals surface area contributed by atoms with Crippen LogP contribution in [0.15, 0.2) is 12.3 Å². The second kappa shape index (κ2) is 5.09. The maximum Gasteiger partial charge on any atom is 0.310 e. The van der Waals surface area contributed by atoms with Crippen molar-refractivity contribution in [2.75, 3.05) is 11.9 Å². The third kappa shape index (κ3) is 3.52. The SMILES string of the molecule is C#CCCCNc1ccnc(F)n1. The van der Waals surface area contributed by atoms with E-state index in [9.17, 15) is 4.39 Å². The van der Waals surface area contributed by atoms with Crippen molar-refractivity contribution < 1.29 is 4.39 Å². The molecule has 0 bridgehead atoms. The summed E-state index contributed by atoms with van der Waals surface area (Å²) in [6.07, 6.45) is 7.27. The van der Waals surface area contributed by atoms with Crippen LogP contribution >= 0.6 is 0 Å². The Morgan fingerprint density at radius 2 is 2.46 bits per heavy atom. The normalized spacial score (nSPS) is 9.23. The van der Waals surface area contributed by atoms with Gasteiger partial charge >= 0.3 is 6.08 Å². The number of nitrogens with one attached hydrogen (secondary N) is 1. The number of unbranched alkanes of at least 4 members (excludes halogenated alkanes) is 1. The van der Waals surface area contributed by atoms with E-state index in [4.69, 9.17) is 6.42 Å². The Kier molecular flexibility index (Phi) is 3.71. The van der Waals surface area contributed by atoms with Crippen molar-refractivity contribution in [3.63, 3.8) is 0 Å². The Hall–Kier alpha value is -1.63. The number of nitrogens with zero attached hydrogens (tertiary/aromatic N) is 2. The lowest BCUT2D eigenvalue weighted by molar-refractivity contribution is 0.540. The highest BCUT2D eigenvalue weighted by molar-refractivity contribution is 5.31. The van der Waals surface area contributed by atoms with E-state index in [2.05, 4.69) is 21.2 Å². The van der Waals surface area contributed by atoms with E-state index in [0.29, 0.717) is 18.8 Å². The predicted octanol–water partition coefficient (Wildman–Crippen LogP) is 1.44. The van der Waals surface area contributed by atoms with Crippen LogP contribution in [-0.4, -0.2) is 16.5 Å². The molecule has 1 aromatic rings. The van der Waals surface area contributed by atoms with E-state index >= 15 is 0 Å². The molecule has 0 unspecified atom stereocenters. The van der Waals surface area contributed by atoms with E-state index in [0.717, 1.165) is 6.42 Å². The van der Waals surface area contributed by atoms with Crippen molar-refractivity contribution in [3.05, 3.63) is 18.3 Å². The van der Waals surface area contributed by atoms with Crippen molar-refractivity contribution in [1.29, 1.82) is 0 Å². The Labute approximate surface area is 76.4 Å². The summed E-state index contributed by atoms with van der Waals surface area (Å²) in [7, 11) is 0. The van der Waals surface area contributed by atoms with Gasteiger partial charge in [0.2, 0.25) is 0 Å².